The Morgan fingerprint density at radius 3 is 2.45 bits per heavy atom. The maximum absolute atomic E-state index is 2.35. The van der Waals surface area contributed by atoms with Crippen LogP contribution in [0.2, 0.25) is 0 Å². The molecule has 60 valence electrons. The highest BCUT2D eigenvalue weighted by Gasteiger charge is 1.95. The molecule has 0 N–H and O–H groups in total. The lowest BCUT2D eigenvalue weighted by molar-refractivity contribution is 1.10. The van der Waals surface area contributed by atoms with Crippen LogP contribution < -0.4 is 5.19 Å². The van der Waals surface area contributed by atoms with Crippen LogP contribution >= 0.6 is 0 Å². The zero-order valence-corrected chi connectivity index (χ0v) is 9.65. The minimum Gasteiger partial charge on any atom is -0.0676 e. The van der Waals surface area contributed by atoms with Crippen molar-refractivity contribution in [3.05, 3.63) is 29.3 Å². The molecule has 0 aliphatic heterocycles. The predicted octanol–water partition coefficient (Wildman–Crippen LogP) is 0.802. The summed E-state index contributed by atoms with van der Waals surface area (Å²) in [6.07, 6.45) is 2.35. The van der Waals surface area contributed by atoms with Crippen molar-refractivity contribution in [3.63, 3.8) is 0 Å². The van der Waals surface area contributed by atoms with Gasteiger partial charge in [-0.2, -0.15) is 0 Å². The van der Waals surface area contributed by atoms with Gasteiger partial charge in [-0.25, -0.2) is 0 Å². The van der Waals surface area contributed by atoms with Gasteiger partial charge in [0.25, 0.3) is 0 Å². The number of hydrogen-bond acceptors (Lipinski definition) is 0. The summed E-state index contributed by atoms with van der Waals surface area (Å²) in [6, 6.07) is 6.88. The van der Waals surface area contributed by atoms with Crippen LogP contribution in [0.25, 0.3) is 0 Å². The van der Waals surface area contributed by atoms with Crippen LogP contribution in [0, 0.1) is 0 Å². The SMILES string of the molecule is CCc1ccc([SiH3])c(CC)c1. The Labute approximate surface area is 72.1 Å². The van der Waals surface area contributed by atoms with Gasteiger partial charge in [0.15, 0.2) is 0 Å². The molecule has 1 aromatic carbocycles. The fourth-order valence-electron chi connectivity index (χ4n) is 1.33. The summed E-state index contributed by atoms with van der Waals surface area (Å²) in [7, 11) is 1.19. The van der Waals surface area contributed by atoms with E-state index in [1.165, 1.54) is 22.2 Å². The molecule has 0 saturated carbocycles. The lowest BCUT2D eigenvalue weighted by Gasteiger charge is -2.04. The fraction of sp³-hybridized carbons (Fsp3) is 0.400. The Hall–Kier alpha value is -0.563. The van der Waals surface area contributed by atoms with E-state index in [9.17, 15) is 0 Å². The lowest BCUT2D eigenvalue weighted by atomic mass is 10.1. The summed E-state index contributed by atoms with van der Waals surface area (Å²) in [5.41, 5.74) is 3.03. The molecule has 0 unspecified atom stereocenters. The second-order valence-corrected chi connectivity index (χ2v) is 4.05. The lowest BCUT2D eigenvalue weighted by Crippen LogP contribution is -2.09. The van der Waals surface area contributed by atoms with Crippen molar-refractivity contribution >= 4 is 15.4 Å². The molecule has 0 fully saturated rings. The molecule has 0 saturated heterocycles. The Morgan fingerprint density at radius 2 is 1.91 bits per heavy atom. The van der Waals surface area contributed by atoms with Crippen LogP contribution in [0.1, 0.15) is 25.0 Å². The minimum atomic E-state index is 1.16. The Morgan fingerprint density at radius 1 is 1.18 bits per heavy atom. The first kappa shape index (κ1) is 8.53. The quantitative estimate of drug-likeness (QED) is 0.567. The molecule has 1 aromatic rings. The van der Waals surface area contributed by atoms with E-state index in [4.69, 9.17) is 0 Å². The van der Waals surface area contributed by atoms with Crippen molar-refractivity contribution in [2.45, 2.75) is 26.7 Å². The van der Waals surface area contributed by atoms with Crippen LogP contribution in [-0.4, -0.2) is 10.2 Å². The van der Waals surface area contributed by atoms with E-state index in [2.05, 4.69) is 32.0 Å². The van der Waals surface area contributed by atoms with Crippen molar-refractivity contribution in [2.75, 3.05) is 0 Å². The van der Waals surface area contributed by atoms with E-state index >= 15 is 0 Å². The molecule has 0 aromatic heterocycles. The predicted molar refractivity (Wildman–Crippen MR) is 54.8 cm³/mol. The first-order chi connectivity index (χ1) is 5.27. The molecule has 0 heterocycles. The molecular weight excluding hydrogens is 148 g/mol. The third-order valence-electron chi connectivity index (χ3n) is 2.20. The first-order valence-electron chi connectivity index (χ1n) is 4.36. The Bertz CT molecular complexity index is 241. The van der Waals surface area contributed by atoms with Gasteiger partial charge in [0, 0.05) is 10.2 Å². The van der Waals surface area contributed by atoms with Gasteiger partial charge < -0.3 is 0 Å². The van der Waals surface area contributed by atoms with Crippen LogP contribution in [0.4, 0.5) is 0 Å². The third kappa shape index (κ3) is 1.93. The molecule has 0 nitrogen and oxygen atoms in total. The van der Waals surface area contributed by atoms with E-state index in [0.717, 1.165) is 6.42 Å². The smallest absolute Gasteiger partial charge is 0.0388 e. The average molecular weight is 164 g/mol. The topological polar surface area (TPSA) is 0 Å². The molecule has 11 heavy (non-hydrogen) atoms. The summed E-state index contributed by atoms with van der Waals surface area (Å²) >= 11 is 0. The highest BCUT2D eigenvalue weighted by molar-refractivity contribution is 6.33. The van der Waals surface area contributed by atoms with E-state index in [-0.39, 0.29) is 0 Å². The third-order valence-corrected chi connectivity index (χ3v) is 3.18. The van der Waals surface area contributed by atoms with Gasteiger partial charge in [0.2, 0.25) is 0 Å². The first-order valence-corrected chi connectivity index (χ1v) is 5.36. The molecule has 0 amide bonds. The number of hydrogen-bond donors (Lipinski definition) is 0. The van der Waals surface area contributed by atoms with E-state index in [1.807, 2.05) is 0 Å². The fourth-order valence-corrected chi connectivity index (χ4v) is 1.99. The molecule has 0 spiro atoms. The highest BCUT2D eigenvalue weighted by atomic mass is 28.1. The molecule has 0 atom stereocenters. The van der Waals surface area contributed by atoms with Crippen molar-refractivity contribution in [1.82, 2.24) is 0 Å². The zero-order chi connectivity index (χ0) is 8.27. The van der Waals surface area contributed by atoms with Crippen molar-refractivity contribution in [2.24, 2.45) is 0 Å². The number of aryl methyl sites for hydroxylation is 2. The van der Waals surface area contributed by atoms with Crippen LogP contribution in [-0.2, 0) is 12.8 Å². The van der Waals surface area contributed by atoms with Gasteiger partial charge in [-0.15, -0.1) is 0 Å². The summed E-state index contributed by atoms with van der Waals surface area (Å²) in [5.74, 6) is 0. The monoisotopic (exact) mass is 164 g/mol. The maximum Gasteiger partial charge on any atom is 0.0388 e. The maximum atomic E-state index is 2.35. The zero-order valence-electron chi connectivity index (χ0n) is 7.65. The summed E-state index contributed by atoms with van der Waals surface area (Å²) in [4.78, 5) is 0. The molecule has 0 radical (unpaired) electrons. The number of rotatable bonds is 2. The molecule has 0 bridgehead atoms. The van der Waals surface area contributed by atoms with Crippen molar-refractivity contribution in [1.29, 1.82) is 0 Å². The number of benzene rings is 1. The Balaban J connectivity index is 3.02. The largest absolute Gasteiger partial charge is 0.0676 e. The van der Waals surface area contributed by atoms with Gasteiger partial charge in [-0.3, -0.25) is 0 Å². The Kier molecular flexibility index (Phi) is 2.89. The standard InChI is InChI=1S/C10H16Si/c1-3-8-5-6-10(11)9(4-2)7-8/h5-7H,3-4H2,1-2,11H3. The van der Waals surface area contributed by atoms with Gasteiger partial charge in [-0.1, -0.05) is 37.2 Å². The van der Waals surface area contributed by atoms with Crippen molar-refractivity contribution in [3.8, 4) is 0 Å². The van der Waals surface area contributed by atoms with Gasteiger partial charge in [0.1, 0.15) is 0 Å². The van der Waals surface area contributed by atoms with Crippen LogP contribution in [0.3, 0.4) is 0 Å². The van der Waals surface area contributed by atoms with Crippen LogP contribution in [0.15, 0.2) is 18.2 Å². The van der Waals surface area contributed by atoms with E-state index in [1.54, 1.807) is 10.8 Å². The van der Waals surface area contributed by atoms with E-state index in [0.29, 0.717) is 0 Å². The molecule has 1 rings (SSSR count). The highest BCUT2D eigenvalue weighted by Crippen LogP contribution is 2.03. The van der Waals surface area contributed by atoms with Crippen LogP contribution in [0.5, 0.6) is 0 Å². The second-order valence-electron chi connectivity index (χ2n) is 2.97. The van der Waals surface area contributed by atoms with Gasteiger partial charge >= 0.3 is 0 Å². The minimum absolute atomic E-state index is 1.16. The summed E-state index contributed by atoms with van der Waals surface area (Å²) in [5, 5.41) is 1.56. The molecule has 0 aliphatic carbocycles. The second kappa shape index (κ2) is 3.72. The molecular formula is C10H16Si. The average Bonchev–Trinajstić information content (AvgIpc) is 2.05. The molecule has 1 heteroatoms. The summed E-state index contributed by atoms with van der Waals surface area (Å²) < 4.78 is 0. The van der Waals surface area contributed by atoms with Crippen molar-refractivity contribution < 1.29 is 0 Å². The van der Waals surface area contributed by atoms with E-state index < -0.39 is 0 Å². The summed E-state index contributed by atoms with van der Waals surface area (Å²) in [6.45, 7) is 4.44. The normalized spacial score (nSPS) is 10.4. The molecule has 0 aliphatic rings. The van der Waals surface area contributed by atoms with Gasteiger partial charge in [-0.05, 0) is 24.0 Å². The van der Waals surface area contributed by atoms with Gasteiger partial charge in [0.05, 0.1) is 0 Å².